The zero-order valence-corrected chi connectivity index (χ0v) is 15.6. The summed E-state index contributed by atoms with van der Waals surface area (Å²) in [5.41, 5.74) is 0.916. The van der Waals surface area contributed by atoms with Crippen LogP contribution in [-0.4, -0.2) is 80.0 Å². The van der Waals surface area contributed by atoms with Gasteiger partial charge in [0.15, 0.2) is 11.5 Å². The Labute approximate surface area is 157 Å². The van der Waals surface area contributed by atoms with Gasteiger partial charge >= 0.3 is 12.6 Å². The van der Waals surface area contributed by atoms with Crippen LogP contribution >= 0.6 is 0 Å². The summed E-state index contributed by atoms with van der Waals surface area (Å²) in [4.78, 5) is 14.7. The van der Waals surface area contributed by atoms with Gasteiger partial charge in [0.1, 0.15) is 0 Å². The molecular weight excluding hydrogens is 362 g/mol. The Kier molecular flexibility index (Phi) is 8.21. The van der Waals surface area contributed by atoms with E-state index >= 15 is 0 Å². The van der Waals surface area contributed by atoms with Gasteiger partial charge in [-0.1, -0.05) is 6.07 Å². The average molecular weight is 388 g/mol. The van der Waals surface area contributed by atoms with Crippen LogP contribution in [0, 0.1) is 0 Å². The van der Waals surface area contributed by atoms with Crippen LogP contribution in [0.3, 0.4) is 0 Å². The Bertz CT molecular complexity index is 617. The minimum atomic E-state index is -2.90. The van der Waals surface area contributed by atoms with E-state index in [0.29, 0.717) is 38.6 Å². The van der Waals surface area contributed by atoms with E-state index in [2.05, 4.69) is 9.64 Å². The van der Waals surface area contributed by atoms with Crippen molar-refractivity contribution >= 4 is 5.97 Å². The number of hydrogen-bond acceptors (Lipinski definition) is 6. The molecule has 2 rings (SSSR count). The van der Waals surface area contributed by atoms with E-state index in [0.717, 1.165) is 12.1 Å². The van der Waals surface area contributed by atoms with Crippen molar-refractivity contribution in [2.75, 3.05) is 46.4 Å². The van der Waals surface area contributed by atoms with E-state index in [1.54, 1.807) is 31.0 Å². The molecule has 1 aliphatic rings. The third-order valence-corrected chi connectivity index (χ3v) is 4.07. The molecule has 0 spiro atoms. The van der Waals surface area contributed by atoms with Gasteiger partial charge in [0.2, 0.25) is 0 Å². The fourth-order valence-corrected chi connectivity index (χ4v) is 3.05. The van der Waals surface area contributed by atoms with E-state index in [-0.39, 0.29) is 18.4 Å². The maximum Gasteiger partial charge on any atom is 0.387 e. The Morgan fingerprint density at radius 1 is 1.44 bits per heavy atom. The topological polar surface area (TPSA) is 71.5 Å². The quantitative estimate of drug-likeness (QED) is 0.656. The highest BCUT2D eigenvalue weighted by Gasteiger charge is 2.23. The number of hydrogen-bond donors (Lipinski definition) is 1. The summed E-state index contributed by atoms with van der Waals surface area (Å²) in [6.07, 6.45) is -0.0871. The third-order valence-electron chi connectivity index (χ3n) is 4.07. The summed E-state index contributed by atoms with van der Waals surface area (Å²) in [5, 5.41) is 8.84. The smallest absolute Gasteiger partial charge is 0.387 e. The van der Waals surface area contributed by atoms with E-state index in [1.165, 1.54) is 6.07 Å². The van der Waals surface area contributed by atoms with Crippen LogP contribution < -0.4 is 9.47 Å². The fraction of sp³-hybridized carbons (Fsp3) is 0.611. The molecule has 0 aromatic heterocycles. The van der Waals surface area contributed by atoms with Crippen molar-refractivity contribution in [1.29, 1.82) is 0 Å². The number of ether oxygens (including phenoxy) is 3. The first-order valence-corrected chi connectivity index (χ1v) is 8.82. The monoisotopic (exact) mass is 388 g/mol. The first-order chi connectivity index (χ1) is 12.9. The number of alkyl halides is 2. The molecule has 7 nitrogen and oxygen atoms in total. The second-order valence-corrected chi connectivity index (χ2v) is 6.41. The number of rotatable bonds is 10. The predicted octanol–water partition coefficient (Wildman–Crippen LogP) is 1.90. The Hall–Kier alpha value is -1.97. The lowest BCUT2D eigenvalue weighted by Crippen LogP contribution is -2.47. The lowest BCUT2D eigenvalue weighted by molar-refractivity contribution is -0.138. The summed E-state index contributed by atoms with van der Waals surface area (Å²) >= 11 is 0. The predicted molar refractivity (Wildman–Crippen MR) is 94.4 cm³/mol. The molecule has 1 saturated heterocycles. The second-order valence-electron chi connectivity index (χ2n) is 6.41. The molecule has 0 amide bonds. The highest BCUT2D eigenvalue weighted by molar-refractivity contribution is 5.69. The number of carbonyl (C=O) groups is 1. The van der Waals surface area contributed by atoms with Crippen molar-refractivity contribution in [1.82, 2.24) is 9.80 Å². The minimum Gasteiger partial charge on any atom is -0.490 e. The number of halogens is 2. The first-order valence-electron chi connectivity index (χ1n) is 8.82. The van der Waals surface area contributed by atoms with Gasteiger partial charge in [-0.05, 0) is 31.7 Å². The van der Waals surface area contributed by atoms with Crippen LogP contribution in [-0.2, 0) is 16.1 Å². The molecule has 0 radical (unpaired) electrons. The van der Waals surface area contributed by atoms with Gasteiger partial charge in [-0.15, -0.1) is 0 Å². The number of likely N-dealkylation sites (N-methyl/N-ethyl adjacent to an activating group) is 1. The maximum absolute atomic E-state index is 12.5. The Morgan fingerprint density at radius 2 is 2.22 bits per heavy atom. The maximum atomic E-state index is 12.5. The van der Waals surface area contributed by atoms with Crippen LogP contribution in [0.2, 0.25) is 0 Å². The number of nitrogens with zero attached hydrogens (tertiary/aromatic N) is 2. The average Bonchev–Trinajstić information content (AvgIpc) is 2.56. The summed E-state index contributed by atoms with van der Waals surface area (Å²) in [7, 11) is 1.74. The van der Waals surface area contributed by atoms with Crippen molar-refractivity contribution in [3.8, 4) is 11.5 Å². The molecule has 1 heterocycles. The largest absolute Gasteiger partial charge is 0.490 e. The zero-order valence-electron chi connectivity index (χ0n) is 15.6. The lowest BCUT2D eigenvalue weighted by Gasteiger charge is -2.34. The zero-order chi connectivity index (χ0) is 19.8. The number of morpholine rings is 1. The third kappa shape index (κ3) is 7.28. The van der Waals surface area contributed by atoms with Crippen molar-refractivity contribution < 1.29 is 32.9 Å². The van der Waals surface area contributed by atoms with E-state index < -0.39 is 12.6 Å². The van der Waals surface area contributed by atoms with Gasteiger partial charge in [0.25, 0.3) is 0 Å². The van der Waals surface area contributed by atoms with Gasteiger partial charge < -0.3 is 19.3 Å². The lowest BCUT2D eigenvalue weighted by atomic mass is 10.1. The molecule has 0 bridgehead atoms. The van der Waals surface area contributed by atoms with Crippen molar-refractivity contribution in [2.45, 2.75) is 26.2 Å². The number of benzene rings is 1. The van der Waals surface area contributed by atoms with Gasteiger partial charge in [0.05, 0.1) is 25.9 Å². The Morgan fingerprint density at radius 3 is 2.89 bits per heavy atom. The first kappa shape index (κ1) is 21.3. The van der Waals surface area contributed by atoms with Crippen LogP contribution in [0.15, 0.2) is 18.2 Å². The number of aliphatic carboxylic acids is 1. The van der Waals surface area contributed by atoms with E-state index in [9.17, 15) is 13.6 Å². The van der Waals surface area contributed by atoms with Gasteiger partial charge in [-0.3, -0.25) is 14.6 Å². The van der Waals surface area contributed by atoms with Crippen LogP contribution in [0.4, 0.5) is 8.78 Å². The molecule has 9 heteroatoms. The summed E-state index contributed by atoms with van der Waals surface area (Å²) in [5.74, 6) is -0.563. The fourth-order valence-electron chi connectivity index (χ4n) is 3.05. The van der Waals surface area contributed by atoms with E-state index in [4.69, 9.17) is 14.6 Å². The van der Waals surface area contributed by atoms with Crippen LogP contribution in [0.1, 0.15) is 12.5 Å². The SMILES string of the molecule is CCOc1cc(CN2CCOC(CN(C)CC(=O)O)C2)ccc1OC(F)F. The number of carboxylic acid groups (broad SMARTS) is 1. The molecule has 27 heavy (non-hydrogen) atoms. The molecule has 1 unspecified atom stereocenters. The molecule has 1 N–H and O–H groups in total. The van der Waals surface area contributed by atoms with Crippen LogP contribution in [0.5, 0.6) is 11.5 Å². The molecule has 1 fully saturated rings. The molecule has 1 aromatic carbocycles. The highest BCUT2D eigenvalue weighted by atomic mass is 19.3. The molecule has 1 aliphatic heterocycles. The summed E-state index contributed by atoms with van der Waals surface area (Å²) in [6, 6.07) is 4.94. The highest BCUT2D eigenvalue weighted by Crippen LogP contribution is 2.30. The molecule has 1 atom stereocenters. The molecule has 152 valence electrons. The van der Waals surface area contributed by atoms with Gasteiger partial charge in [-0.2, -0.15) is 8.78 Å². The van der Waals surface area contributed by atoms with Crippen molar-refractivity contribution in [3.05, 3.63) is 23.8 Å². The van der Waals surface area contributed by atoms with Crippen LogP contribution in [0.25, 0.3) is 0 Å². The van der Waals surface area contributed by atoms with Crippen molar-refractivity contribution in [2.24, 2.45) is 0 Å². The second kappa shape index (κ2) is 10.4. The van der Waals surface area contributed by atoms with Gasteiger partial charge in [0, 0.05) is 26.2 Å². The summed E-state index contributed by atoms with van der Waals surface area (Å²) < 4.78 is 40.6. The molecule has 0 aliphatic carbocycles. The molecule has 0 saturated carbocycles. The molecule has 1 aromatic rings. The van der Waals surface area contributed by atoms with E-state index in [1.807, 2.05) is 0 Å². The van der Waals surface area contributed by atoms with Gasteiger partial charge in [-0.25, -0.2) is 0 Å². The summed E-state index contributed by atoms with van der Waals surface area (Å²) in [6.45, 7) is 2.25. The molecular formula is C18H26F2N2O5. The van der Waals surface area contributed by atoms with Crippen molar-refractivity contribution in [3.63, 3.8) is 0 Å². The Balaban J connectivity index is 1.96. The standard InChI is InChI=1S/C18H26F2N2O5/c1-3-25-16-8-13(4-5-15(16)27-18(19)20)9-22-6-7-26-14(11-22)10-21(2)12-17(23)24/h4-5,8,14,18H,3,6-7,9-12H2,1-2H3,(H,23,24). The minimum absolute atomic E-state index is 0.0192. The normalized spacial score (nSPS) is 18.1. The number of carboxylic acids is 1.